The topological polar surface area (TPSA) is 21.3 Å². The zero-order valence-electron chi connectivity index (χ0n) is 12.3. The highest BCUT2D eigenvalue weighted by Crippen LogP contribution is 2.37. The van der Waals surface area contributed by atoms with Gasteiger partial charge in [0.25, 0.3) is 0 Å². The lowest BCUT2D eigenvalue weighted by atomic mass is 9.93. The van der Waals surface area contributed by atoms with Crippen molar-refractivity contribution in [3.05, 3.63) is 0 Å². The molecule has 1 heterocycles. The standard InChI is InChI=1S/C14H29NOS2/c1-5-12-14(18-10-9-17-12)13(15-6-2)11(3)7-8-16-4/h11-15H,5-10H2,1-4H3. The largest absolute Gasteiger partial charge is 0.385 e. The molecule has 0 aromatic carbocycles. The maximum absolute atomic E-state index is 5.24. The second kappa shape index (κ2) is 9.51. The Morgan fingerprint density at radius 1 is 1.28 bits per heavy atom. The summed E-state index contributed by atoms with van der Waals surface area (Å²) in [6, 6.07) is 0.632. The van der Waals surface area contributed by atoms with Gasteiger partial charge in [-0.15, -0.1) is 0 Å². The molecule has 1 fully saturated rings. The van der Waals surface area contributed by atoms with Crippen molar-refractivity contribution in [2.24, 2.45) is 5.92 Å². The van der Waals surface area contributed by atoms with Crippen molar-refractivity contribution in [3.8, 4) is 0 Å². The van der Waals surface area contributed by atoms with Crippen molar-refractivity contribution in [1.29, 1.82) is 0 Å². The molecular formula is C14H29NOS2. The molecule has 1 rings (SSSR count). The number of hydrogen-bond acceptors (Lipinski definition) is 4. The van der Waals surface area contributed by atoms with Gasteiger partial charge in [0.05, 0.1) is 0 Å². The average molecular weight is 292 g/mol. The minimum Gasteiger partial charge on any atom is -0.385 e. The second-order valence-electron chi connectivity index (χ2n) is 5.00. The molecule has 0 bridgehead atoms. The number of nitrogens with one attached hydrogen (secondary N) is 1. The number of thioether (sulfide) groups is 2. The van der Waals surface area contributed by atoms with Gasteiger partial charge in [-0.05, 0) is 25.3 Å². The first kappa shape index (κ1) is 16.7. The highest BCUT2D eigenvalue weighted by molar-refractivity contribution is 8.07. The molecule has 0 radical (unpaired) electrons. The molecule has 108 valence electrons. The molecule has 0 saturated carbocycles. The molecule has 4 unspecified atom stereocenters. The van der Waals surface area contributed by atoms with Gasteiger partial charge in [0, 0.05) is 41.8 Å². The van der Waals surface area contributed by atoms with Crippen LogP contribution in [0.15, 0.2) is 0 Å². The molecule has 4 atom stereocenters. The lowest BCUT2D eigenvalue weighted by Crippen LogP contribution is -2.49. The first-order valence-electron chi connectivity index (χ1n) is 7.20. The molecule has 4 heteroatoms. The summed E-state index contributed by atoms with van der Waals surface area (Å²) < 4.78 is 5.24. The van der Waals surface area contributed by atoms with Crippen LogP contribution < -0.4 is 5.32 Å². The van der Waals surface area contributed by atoms with E-state index in [-0.39, 0.29) is 0 Å². The van der Waals surface area contributed by atoms with Gasteiger partial charge in [0.2, 0.25) is 0 Å². The predicted octanol–water partition coefficient (Wildman–Crippen LogP) is 3.26. The van der Waals surface area contributed by atoms with Crippen LogP contribution in [0.25, 0.3) is 0 Å². The van der Waals surface area contributed by atoms with Crippen LogP contribution in [-0.4, -0.2) is 48.3 Å². The summed E-state index contributed by atoms with van der Waals surface area (Å²) in [5.41, 5.74) is 0. The molecule has 2 nitrogen and oxygen atoms in total. The molecule has 1 aliphatic heterocycles. The third kappa shape index (κ3) is 4.95. The van der Waals surface area contributed by atoms with E-state index in [9.17, 15) is 0 Å². The van der Waals surface area contributed by atoms with E-state index in [2.05, 4.69) is 49.6 Å². The van der Waals surface area contributed by atoms with Crippen molar-refractivity contribution < 1.29 is 4.74 Å². The SMILES string of the molecule is CCNC(C(C)CCOC)C1SCCSC1CC. The molecular weight excluding hydrogens is 262 g/mol. The molecule has 0 aromatic rings. The van der Waals surface area contributed by atoms with E-state index in [1.54, 1.807) is 7.11 Å². The average Bonchev–Trinajstić information content (AvgIpc) is 2.42. The summed E-state index contributed by atoms with van der Waals surface area (Å²) >= 11 is 4.36. The van der Waals surface area contributed by atoms with Gasteiger partial charge in [-0.3, -0.25) is 0 Å². The minimum atomic E-state index is 0.632. The highest BCUT2D eigenvalue weighted by Gasteiger charge is 2.34. The summed E-state index contributed by atoms with van der Waals surface area (Å²) in [5.74, 6) is 3.32. The third-order valence-corrected chi connectivity index (χ3v) is 7.05. The van der Waals surface area contributed by atoms with Crippen LogP contribution in [0.1, 0.15) is 33.6 Å². The smallest absolute Gasteiger partial charge is 0.0465 e. The Balaban J connectivity index is 2.62. The quantitative estimate of drug-likeness (QED) is 0.740. The highest BCUT2D eigenvalue weighted by atomic mass is 32.2. The van der Waals surface area contributed by atoms with E-state index >= 15 is 0 Å². The number of methoxy groups -OCH3 is 1. The Bertz CT molecular complexity index is 216. The summed E-state index contributed by atoms with van der Waals surface area (Å²) in [4.78, 5) is 0. The van der Waals surface area contributed by atoms with Crippen LogP contribution in [0.2, 0.25) is 0 Å². The van der Waals surface area contributed by atoms with Gasteiger partial charge in [0.15, 0.2) is 0 Å². The molecule has 0 aromatic heterocycles. The van der Waals surface area contributed by atoms with E-state index in [1.807, 2.05) is 0 Å². The molecule has 0 amide bonds. The Kier molecular flexibility index (Phi) is 8.81. The summed E-state index contributed by atoms with van der Waals surface area (Å²) in [7, 11) is 1.80. The lowest BCUT2D eigenvalue weighted by molar-refractivity contribution is 0.169. The Morgan fingerprint density at radius 3 is 2.61 bits per heavy atom. The fourth-order valence-corrected chi connectivity index (χ4v) is 6.02. The van der Waals surface area contributed by atoms with Crippen molar-refractivity contribution in [3.63, 3.8) is 0 Å². The number of ether oxygens (including phenoxy) is 1. The van der Waals surface area contributed by atoms with Crippen LogP contribution in [0.3, 0.4) is 0 Å². The van der Waals surface area contributed by atoms with Crippen molar-refractivity contribution in [1.82, 2.24) is 5.32 Å². The Labute approximate surface area is 121 Å². The van der Waals surface area contributed by atoms with Crippen LogP contribution >= 0.6 is 23.5 Å². The van der Waals surface area contributed by atoms with E-state index < -0.39 is 0 Å². The molecule has 0 spiro atoms. The van der Waals surface area contributed by atoms with Gasteiger partial charge in [0.1, 0.15) is 0 Å². The second-order valence-corrected chi connectivity index (χ2v) is 7.63. The normalized spacial score (nSPS) is 28.0. The predicted molar refractivity (Wildman–Crippen MR) is 85.9 cm³/mol. The lowest BCUT2D eigenvalue weighted by Gasteiger charge is -2.39. The van der Waals surface area contributed by atoms with Gasteiger partial charge in [-0.1, -0.05) is 20.8 Å². The maximum atomic E-state index is 5.24. The summed E-state index contributed by atoms with van der Waals surface area (Å²) in [5, 5.41) is 5.32. The van der Waals surface area contributed by atoms with E-state index in [1.165, 1.54) is 17.9 Å². The molecule has 1 saturated heterocycles. The molecule has 18 heavy (non-hydrogen) atoms. The fraction of sp³-hybridized carbons (Fsp3) is 1.00. The Morgan fingerprint density at radius 2 is 2.00 bits per heavy atom. The first-order chi connectivity index (χ1) is 8.74. The van der Waals surface area contributed by atoms with Crippen molar-refractivity contribution in [2.45, 2.75) is 50.2 Å². The zero-order chi connectivity index (χ0) is 13.4. The first-order valence-corrected chi connectivity index (χ1v) is 9.29. The molecule has 0 aliphatic carbocycles. The van der Waals surface area contributed by atoms with Crippen LogP contribution in [0.5, 0.6) is 0 Å². The Hall–Kier alpha value is 0.620. The van der Waals surface area contributed by atoms with Crippen LogP contribution in [0.4, 0.5) is 0 Å². The summed E-state index contributed by atoms with van der Waals surface area (Å²) in [6.07, 6.45) is 2.45. The molecule has 1 N–H and O–H groups in total. The van der Waals surface area contributed by atoms with E-state index in [0.29, 0.717) is 12.0 Å². The maximum Gasteiger partial charge on any atom is 0.0465 e. The van der Waals surface area contributed by atoms with Gasteiger partial charge < -0.3 is 10.1 Å². The van der Waals surface area contributed by atoms with Gasteiger partial charge in [-0.2, -0.15) is 23.5 Å². The monoisotopic (exact) mass is 291 g/mol. The number of hydrogen-bond donors (Lipinski definition) is 1. The zero-order valence-corrected chi connectivity index (χ0v) is 13.9. The van der Waals surface area contributed by atoms with Crippen LogP contribution in [-0.2, 0) is 4.74 Å². The number of rotatable bonds is 8. The van der Waals surface area contributed by atoms with Gasteiger partial charge >= 0.3 is 0 Å². The van der Waals surface area contributed by atoms with E-state index in [0.717, 1.165) is 30.1 Å². The third-order valence-electron chi connectivity index (χ3n) is 3.68. The van der Waals surface area contributed by atoms with Gasteiger partial charge in [-0.25, -0.2) is 0 Å². The van der Waals surface area contributed by atoms with E-state index in [4.69, 9.17) is 4.74 Å². The van der Waals surface area contributed by atoms with Crippen molar-refractivity contribution >= 4 is 23.5 Å². The van der Waals surface area contributed by atoms with Crippen LogP contribution in [0, 0.1) is 5.92 Å². The summed E-state index contributed by atoms with van der Waals surface area (Å²) in [6.45, 7) is 8.88. The molecule has 1 aliphatic rings. The fourth-order valence-electron chi connectivity index (χ4n) is 2.63. The minimum absolute atomic E-state index is 0.632. The van der Waals surface area contributed by atoms with Crippen molar-refractivity contribution in [2.75, 3.05) is 31.8 Å².